The molecule has 0 fully saturated rings. The summed E-state index contributed by atoms with van der Waals surface area (Å²) in [5, 5.41) is 0. The Morgan fingerprint density at radius 3 is 2.57 bits per heavy atom. The maximum Gasteiger partial charge on any atom is 0.303 e. The summed E-state index contributed by atoms with van der Waals surface area (Å²) in [5.74, 6) is -0.797. The van der Waals surface area contributed by atoms with Gasteiger partial charge >= 0.3 is 11.9 Å². The average Bonchev–Trinajstić information content (AvgIpc) is 2.49. The molecule has 0 aromatic heterocycles. The largest absolute Gasteiger partial charge is 0.463 e. The molecule has 3 atom stereocenters. The van der Waals surface area contributed by atoms with E-state index < -0.39 is 24.1 Å². The number of benzene rings is 1. The van der Waals surface area contributed by atoms with Crippen LogP contribution in [-0.4, -0.2) is 36.2 Å². The van der Waals surface area contributed by atoms with Crippen molar-refractivity contribution in [1.82, 2.24) is 0 Å². The normalized spacial score (nSPS) is 23.3. The first-order valence-corrected chi connectivity index (χ1v) is 8.20. The van der Waals surface area contributed by atoms with Crippen molar-refractivity contribution in [2.24, 2.45) is 0 Å². The van der Waals surface area contributed by atoms with E-state index in [4.69, 9.17) is 14.2 Å². The van der Waals surface area contributed by atoms with Crippen molar-refractivity contribution in [2.75, 3.05) is 6.61 Å². The summed E-state index contributed by atoms with van der Waals surface area (Å²) >= 11 is 1.56. The molecule has 5 nitrogen and oxygen atoms in total. The highest BCUT2D eigenvalue weighted by Crippen LogP contribution is 2.31. The highest BCUT2D eigenvalue weighted by atomic mass is 32.2. The monoisotopic (exact) mass is 336 g/mol. The van der Waals surface area contributed by atoms with Gasteiger partial charge in [-0.2, -0.15) is 0 Å². The van der Waals surface area contributed by atoms with Crippen LogP contribution in [0.1, 0.15) is 19.4 Å². The summed E-state index contributed by atoms with van der Waals surface area (Å²) in [4.78, 5) is 23.3. The van der Waals surface area contributed by atoms with Crippen molar-refractivity contribution in [3.8, 4) is 0 Å². The molecule has 0 saturated carbocycles. The van der Waals surface area contributed by atoms with Crippen LogP contribution in [0.3, 0.4) is 0 Å². The Labute approximate surface area is 140 Å². The lowest BCUT2D eigenvalue weighted by molar-refractivity contribution is -0.160. The van der Waals surface area contributed by atoms with Crippen molar-refractivity contribution < 1.29 is 23.8 Å². The van der Waals surface area contributed by atoms with Gasteiger partial charge in [-0.15, -0.1) is 0 Å². The quantitative estimate of drug-likeness (QED) is 0.609. The fraction of sp³-hybridized carbons (Fsp3) is 0.412. The van der Waals surface area contributed by atoms with Gasteiger partial charge in [0.1, 0.15) is 24.3 Å². The highest BCUT2D eigenvalue weighted by molar-refractivity contribution is 8.00. The van der Waals surface area contributed by atoms with Crippen molar-refractivity contribution >= 4 is 23.7 Å². The van der Waals surface area contributed by atoms with E-state index in [2.05, 4.69) is 0 Å². The lowest BCUT2D eigenvalue weighted by Crippen LogP contribution is -2.40. The zero-order valence-electron chi connectivity index (χ0n) is 13.4. The first kappa shape index (κ1) is 17.6. The minimum atomic E-state index is -0.555. The lowest BCUT2D eigenvalue weighted by Gasteiger charge is -2.31. The van der Waals surface area contributed by atoms with Gasteiger partial charge in [0.25, 0.3) is 0 Å². The number of hydrogen-bond acceptors (Lipinski definition) is 6. The number of carbonyl (C=O) groups excluding carboxylic acids is 2. The van der Waals surface area contributed by atoms with Crippen LogP contribution < -0.4 is 0 Å². The Bertz CT molecular complexity index is 598. The molecule has 0 saturated heterocycles. The topological polar surface area (TPSA) is 61.8 Å². The second-order valence-corrected chi connectivity index (χ2v) is 6.33. The molecule has 0 unspecified atom stereocenters. The Kier molecular flexibility index (Phi) is 6.24. The Balaban J connectivity index is 2.07. The van der Waals surface area contributed by atoms with Crippen LogP contribution in [0.5, 0.6) is 0 Å². The molecule has 23 heavy (non-hydrogen) atoms. The highest BCUT2D eigenvalue weighted by Gasteiger charge is 2.31. The molecular formula is C17H20O5S. The van der Waals surface area contributed by atoms with Gasteiger partial charge in [0.2, 0.25) is 0 Å². The van der Waals surface area contributed by atoms with Gasteiger partial charge in [0.05, 0.1) is 0 Å². The molecule has 1 heterocycles. The maximum atomic E-state index is 11.2. The third kappa shape index (κ3) is 5.41. The molecule has 0 radical (unpaired) electrons. The van der Waals surface area contributed by atoms with Crippen LogP contribution in [0.15, 0.2) is 41.3 Å². The number of thioether (sulfide) groups is 1. The predicted octanol–water partition coefficient (Wildman–Crippen LogP) is 2.86. The van der Waals surface area contributed by atoms with Crippen LogP contribution in [-0.2, 0) is 23.8 Å². The van der Waals surface area contributed by atoms with E-state index in [1.807, 2.05) is 37.3 Å². The van der Waals surface area contributed by atoms with E-state index in [1.165, 1.54) is 13.8 Å². The van der Waals surface area contributed by atoms with E-state index >= 15 is 0 Å². The van der Waals surface area contributed by atoms with Crippen LogP contribution in [0.25, 0.3) is 0 Å². The van der Waals surface area contributed by atoms with E-state index in [0.717, 1.165) is 10.5 Å². The summed E-state index contributed by atoms with van der Waals surface area (Å²) in [5.41, 5.74) is 0.927. The maximum absolute atomic E-state index is 11.2. The molecule has 124 valence electrons. The van der Waals surface area contributed by atoms with Crippen LogP contribution in [0.4, 0.5) is 0 Å². The number of hydrogen-bond donors (Lipinski definition) is 0. The van der Waals surface area contributed by atoms with Gasteiger partial charge in [-0.05, 0) is 30.7 Å². The molecular weight excluding hydrogens is 316 g/mol. The van der Waals surface area contributed by atoms with Crippen molar-refractivity contribution in [3.05, 3.63) is 42.0 Å². The summed E-state index contributed by atoms with van der Waals surface area (Å²) in [7, 11) is 0. The molecule has 0 N–H and O–H groups in total. The van der Waals surface area contributed by atoms with E-state index in [9.17, 15) is 9.59 Å². The zero-order chi connectivity index (χ0) is 16.8. The Hall–Kier alpha value is -1.79. The molecule has 0 spiro atoms. The number of ether oxygens (including phenoxy) is 3. The van der Waals surface area contributed by atoms with Gasteiger partial charge in [-0.1, -0.05) is 30.0 Å². The first-order chi connectivity index (χ1) is 11.0. The Morgan fingerprint density at radius 1 is 1.17 bits per heavy atom. The summed E-state index contributed by atoms with van der Waals surface area (Å²) < 4.78 is 16.2. The Morgan fingerprint density at radius 2 is 1.91 bits per heavy atom. The molecule has 0 aliphatic carbocycles. The number of rotatable bonds is 5. The van der Waals surface area contributed by atoms with Crippen molar-refractivity contribution in [2.45, 2.75) is 43.3 Å². The number of esters is 2. The first-order valence-electron chi connectivity index (χ1n) is 7.32. The predicted molar refractivity (Wildman–Crippen MR) is 87.0 cm³/mol. The number of aryl methyl sites for hydroxylation is 1. The number of carbonyl (C=O) groups is 2. The molecule has 2 rings (SSSR count). The third-order valence-corrected chi connectivity index (χ3v) is 4.44. The SMILES string of the molecule is CC(=O)OC[C@H]1O[C@H](Sc2ccccc2C)C=C[C@@H]1OC(C)=O. The van der Waals surface area contributed by atoms with E-state index in [0.29, 0.717) is 0 Å². The van der Waals surface area contributed by atoms with Crippen LogP contribution in [0, 0.1) is 6.92 Å². The summed E-state index contributed by atoms with van der Waals surface area (Å²) in [6.45, 7) is 4.75. The van der Waals surface area contributed by atoms with Gasteiger partial charge in [-0.3, -0.25) is 9.59 Å². The van der Waals surface area contributed by atoms with E-state index in [-0.39, 0.29) is 12.0 Å². The molecule has 0 amide bonds. The second-order valence-electron chi connectivity index (χ2n) is 5.19. The van der Waals surface area contributed by atoms with Crippen LogP contribution >= 0.6 is 11.8 Å². The zero-order valence-corrected chi connectivity index (χ0v) is 14.2. The molecule has 1 aromatic carbocycles. The van der Waals surface area contributed by atoms with E-state index in [1.54, 1.807) is 17.8 Å². The van der Waals surface area contributed by atoms with Crippen LogP contribution in [0.2, 0.25) is 0 Å². The summed E-state index contributed by atoms with van der Waals surface area (Å²) in [6, 6.07) is 8.01. The molecule has 1 aromatic rings. The molecule has 6 heteroatoms. The average molecular weight is 336 g/mol. The van der Waals surface area contributed by atoms with Gasteiger partial charge in [0, 0.05) is 18.7 Å². The molecule has 1 aliphatic rings. The minimum absolute atomic E-state index is 0.0441. The smallest absolute Gasteiger partial charge is 0.303 e. The molecule has 0 bridgehead atoms. The molecule has 1 aliphatic heterocycles. The third-order valence-electron chi connectivity index (χ3n) is 3.22. The fourth-order valence-electron chi connectivity index (χ4n) is 2.14. The summed E-state index contributed by atoms with van der Waals surface area (Å²) in [6.07, 6.45) is 2.57. The second kappa shape index (κ2) is 8.17. The van der Waals surface area contributed by atoms with Gasteiger partial charge in [0.15, 0.2) is 0 Å². The minimum Gasteiger partial charge on any atom is -0.463 e. The standard InChI is InChI=1S/C17H20O5S/c1-11-6-4-5-7-16(11)23-17-9-8-14(21-13(3)19)15(22-17)10-20-12(2)18/h4-9,14-15,17H,10H2,1-3H3/t14-,15+,17+/m0/s1. The van der Waals surface area contributed by atoms with Gasteiger partial charge < -0.3 is 14.2 Å². The van der Waals surface area contributed by atoms with Crippen molar-refractivity contribution in [1.29, 1.82) is 0 Å². The lowest BCUT2D eigenvalue weighted by atomic mass is 10.1. The van der Waals surface area contributed by atoms with Crippen molar-refractivity contribution in [3.63, 3.8) is 0 Å². The fourth-order valence-corrected chi connectivity index (χ4v) is 3.17. The van der Waals surface area contributed by atoms with Gasteiger partial charge in [-0.25, -0.2) is 0 Å².